The van der Waals surface area contributed by atoms with Crippen molar-refractivity contribution in [1.29, 1.82) is 0 Å². The fourth-order valence-corrected chi connectivity index (χ4v) is 2.30. The van der Waals surface area contributed by atoms with Crippen LogP contribution in [0, 0.1) is 29.1 Å². The number of hydrogen-bond donors (Lipinski definition) is 0. The Labute approximate surface area is 156 Å². The highest BCUT2D eigenvalue weighted by Gasteiger charge is 2.27. The predicted molar refractivity (Wildman–Crippen MR) is 84.9 cm³/mol. The van der Waals surface area contributed by atoms with Gasteiger partial charge in [0.2, 0.25) is 34.5 Å². The van der Waals surface area contributed by atoms with Crippen molar-refractivity contribution in [1.82, 2.24) is 0 Å². The Balaban J connectivity index is 1.76. The maximum absolute atomic E-state index is 13.5. The van der Waals surface area contributed by atoms with Crippen LogP contribution in [-0.4, -0.2) is 12.6 Å². The van der Waals surface area contributed by atoms with E-state index >= 15 is 0 Å². The number of halogens is 6. The fraction of sp³-hybridized carbons (Fsp3) is 0.0588. The number of rotatable bonds is 4. The van der Waals surface area contributed by atoms with E-state index in [4.69, 9.17) is 20.8 Å². The van der Waals surface area contributed by atoms with Gasteiger partial charge in [-0.2, -0.15) is 8.78 Å². The SMILES string of the molecule is O=C(COc1c(F)c(F)c(F)c(F)c1F)Oc1ccc2c(=O)c(Cl)coc2c1. The topological polar surface area (TPSA) is 65.7 Å². The van der Waals surface area contributed by atoms with Gasteiger partial charge < -0.3 is 13.9 Å². The number of fused-ring (bicyclic) bond motifs is 1. The van der Waals surface area contributed by atoms with Crippen LogP contribution in [0.3, 0.4) is 0 Å². The number of carbonyl (C=O) groups is 1. The third-order valence-electron chi connectivity index (χ3n) is 3.44. The zero-order valence-corrected chi connectivity index (χ0v) is 14.1. The van der Waals surface area contributed by atoms with E-state index in [1.807, 2.05) is 0 Å². The summed E-state index contributed by atoms with van der Waals surface area (Å²) in [7, 11) is 0. The molecule has 3 rings (SSSR count). The third kappa shape index (κ3) is 3.50. The lowest BCUT2D eigenvalue weighted by atomic mass is 10.2. The highest BCUT2D eigenvalue weighted by atomic mass is 35.5. The van der Waals surface area contributed by atoms with E-state index in [0.717, 1.165) is 12.3 Å². The van der Waals surface area contributed by atoms with Crippen LogP contribution in [-0.2, 0) is 4.79 Å². The van der Waals surface area contributed by atoms with Gasteiger partial charge >= 0.3 is 5.97 Å². The van der Waals surface area contributed by atoms with Crippen molar-refractivity contribution < 1.29 is 40.6 Å². The van der Waals surface area contributed by atoms with Crippen LogP contribution in [0.25, 0.3) is 11.0 Å². The molecule has 0 unspecified atom stereocenters. The van der Waals surface area contributed by atoms with Crippen molar-refractivity contribution in [2.45, 2.75) is 0 Å². The molecule has 146 valence electrons. The number of ether oxygens (including phenoxy) is 2. The molecule has 0 bridgehead atoms. The zero-order valence-electron chi connectivity index (χ0n) is 13.3. The molecule has 0 saturated heterocycles. The summed E-state index contributed by atoms with van der Waals surface area (Å²) in [6, 6.07) is 3.61. The van der Waals surface area contributed by atoms with Gasteiger partial charge in [0.15, 0.2) is 12.4 Å². The van der Waals surface area contributed by atoms with Crippen LogP contribution in [0.5, 0.6) is 11.5 Å². The predicted octanol–water partition coefficient (Wildman–Crippen LogP) is 4.13. The molecular weight excluding hydrogens is 415 g/mol. The maximum atomic E-state index is 13.5. The molecule has 0 amide bonds. The van der Waals surface area contributed by atoms with Gasteiger partial charge in [-0.05, 0) is 12.1 Å². The lowest BCUT2D eigenvalue weighted by Crippen LogP contribution is -2.19. The second kappa shape index (κ2) is 7.47. The van der Waals surface area contributed by atoms with Gasteiger partial charge in [0.25, 0.3) is 0 Å². The highest BCUT2D eigenvalue weighted by molar-refractivity contribution is 6.30. The van der Waals surface area contributed by atoms with E-state index < -0.39 is 52.8 Å². The molecule has 1 heterocycles. The zero-order chi connectivity index (χ0) is 20.6. The van der Waals surface area contributed by atoms with Crippen LogP contribution >= 0.6 is 11.6 Å². The average Bonchev–Trinajstić information content (AvgIpc) is 2.67. The summed E-state index contributed by atoms with van der Waals surface area (Å²) in [6.07, 6.45) is 0.976. The van der Waals surface area contributed by atoms with E-state index in [1.165, 1.54) is 12.1 Å². The minimum Gasteiger partial charge on any atom is -0.476 e. The van der Waals surface area contributed by atoms with Crippen molar-refractivity contribution in [2.24, 2.45) is 0 Å². The monoisotopic (exact) mass is 420 g/mol. The van der Waals surface area contributed by atoms with E-state index in [2.05, 4.69) is 4.74 Å². The Morgan fingerprint density at radius 3 is 2.25 bits per heavy atom. The van der Waals surface area contributed by atoms with Gasteiger partial charge in [0.1, 0.15) is 22.6 Å². The third-order valence-corrected chi connectivity index (χ3v) is 3.70. The smallest absolute Gasteiger partial charge is 0.349 e. The molecule has 1 aromatic heterocycles. The first-order valence-corrected chi connectivity index (χ1v) is 7.64. The lowest BCUT2D eigenvalue weighted by molar-refractivity contribution is -0.136. The number of carbonyl (C=O) groups excluding carboxylic acids is 1. The van der Waals surface area contributed by atoms with Gasteiger partial charge in [-0.3, -0.25) is 4.79 Å². The van der Waals surface area contributed by atoms with E-state index in [1.54, 1.807) is 0 Å². The summed E-state index contributed by atoms with van der Waals surface area (Å²) in [5.41, 5.74) is -0.490. The Hall–Kier alpha value is -3.14. The summed E-state index contributed by atoms with van der Waals surface area (Å²) >= 11 is 5.62. The largest absolute Gasteiger partial charge is 0.476 e. The molecule has 0 aliphatic heterocycles. The summed E-state index contributed by atoms with van der Waals surface area (Å²) in [5.74, 6) is -14.2. The molecular formula is C17H6ClF5O5. The van der Waals surface area contributed by atoms with Crippen molar-refractivity contribution in [3.8, 4) is 11.5 Å². The standard InChI is InChI=1S/C17H6ClF5O5/c18-8-4-26-9-3-6(1-2-7(9)16(8)25)28-10(24)5-27-17-14(22)12(20)11(19)13(21)15(17)23/h1-4H,5H2. The molecule has 28 heavy (non-hydrogen) atoms. The second-order valence-electron chi connectivity index (χ2n) is 5.23. The minimum absolute atomic E-state index is 0.0281. The van der Waals surface area contributed by atoms with Crippen LogP contribution in [0.4, 0.5) is 22.0 Å². The van der Waals surface area contributed by atoms with Gasteiger partial charge in [-0.25, -0.2) is 18.0 Å². The van der Waals surface area contributed by atoms with E-state index in [0.29, 0.717) is 0 Å². The van der Waals surface area contributed by atoms with Gasteiger partial charge in [-0.1, -0.05) is 11.6 Å². The molecule has 0 aliphatic carbocycles. The molecule has 0 atom stereocenters. The Morgan fingerprint density at radius 1 is 1.00 bits per heavy atom. The quantitative estimate of drug-likeness (QED) is 0.209. The molecule has 0 aliphatic rings. The number of benzene rings is 2. The normalized spacial score (nSPS) is 10.9. The van der Waals surface area contributed by atoms with Crippen LogP contribution < -0.4 is 14.9 Å². The Bertz CT molecular complexity index is 1130. The molecule has 0 radical (unpaired) electrons. The molecule has 0 fully saturated rings. The van der Waals surface area contributed by atoms with E-state index in [-0.39, 0.29) is 21.7 Å². The number of esters is 1. The Kier molecular flexibility index (Phi) is 5.23. The van der Waals surface area contributed by atoms with E-state index in [9.17, 15) is 31.5 Å². The average molecular weight is 421 g/mol. The highest BCUT2D eigenvalue weighted by Crippen LogP contribution is 2.29. The molecule has 0 saturated carbocycles. The van der Waals surface area contributed by atoms with Gasteiger partial charge in [0, 0.05) is 6.07 Å². The molecule has 3 aromatic rings. The summed E-state index contributed by atoms with van der Waals surface area (Å²) in [4.78, 5) is 23.5. The maximum Gasteiger partial charge on any atom is 0.349 e. The summed E-state index contributed by atoms with van der Waals surface area (Å²) < 4.78 is 80.3. The van der Waals surface area contributed by atoms with Crippen molar-refractivity contribution in [3.63, 3.8) is 0 Å². The van der Waals surface area contributed by atoms with Crippen LogP contribution in [0.1, 0.15) is 0 Å². The van der Waals surface area contributed by atoms with Crippen molar-refractivity contribution in [2.75, 3.05) is 6.61 Å². The second-order valence-corrected chi connectivity index (χ2v) is 5.64. The fourth-order valence-electron chi connectivity index (χ4n) is 2.15. The first-order valence-electron chi connectivity index (χ1n) is 7.26. The van der Waals surface area contributed by atoms with Crippen LogP contribution in [0.15, 0.2) is 33.7 Å². The van der Waals surface area contributed by atoms with Gasteiger partial charge in [-0.15, -0.1) is 0 Å². The Morgan fingerprint density at radius 2 is 1.61 bits per heavy atom. The molecule has 0 spiro atoms. The van der Waals surface area contributed by atoms with Crippen LogP contribution in [0.2, 0.25) is 5.02 Å². The first kappa shape index (κ1) is 19.6. The lowest BCUT2D eigenvalue weighted by Gasteiger charge is -2.10. The first-order chi connectivity index (χ1) is 13.2. The minimum atomic E-state index is -2.36. The van der Waals surface area contributed by atoms with Crippen molar-refractivity contribution >= 4 is 28.5 Å². The molecule has 0 N–H and O–H groups in total. The molecule has 2 aromatic carbocycles. The number of hydrogen-bond acceptors (Lipinski definition) is 5. The summed E-state index contributed by atoms with van der Waals surface area (Å²) in [5, 5.41) is -0.0570. The molecule has 5 nitrogen and oxygen atoms in total. The summed E-state index contributed by atoms with van der Waals surface area (Å²) in [6.45, 7) is -1.17. The van der Waals surface area contributed by atoms with Gasteiger partial charge in [0.05, 0.1) is 5.39 Å². The van der Waals surface area contributed by atoms with Crippen molar-refractivity contribution in [3.05, 3.63) is 68.8 Å². The molecule has 11 heteroatoms.